The van der Waals surface area contributed by atoms with Crippen LogP contribution >= 0.6 is 0 Å². The highest BCUT2D eigenvalue weighted by atomic mass is 32.2. The van der Waals surface area contributed by atoms with Crippen molar-refractivity contribution in [2.24, 2.45) is 0 Å². The number of nitrogens with zero attached hydrogens (tertiary/aromatic N) is 3. The van der Waals surface area contributed by atoms with Crippen molar-refractivity contribution in [3.05, 3.63) is 53.3 Å². The topological polar surface area (TPSA) is 53.5 Å². The predicted octanol–water partition coefficient (Wildman–Crippen LogP) is 3.96. The first kappa shape index (κ1) is 21.5. The van der Waals surface area contributed by atoms with Gasteiger partial charge >= 0.3 is 0 Å². The van der Waals surface area contributed by atoms with E-state index in [-0.39, 0.29) is 18.0 Å². The highest BCUT2D eigenvalue weighted by Crippen LogP contribution is 2.26. The van der Waals surface area contributed by atoms with E-state index >= 15 is 0 Å². The molecule has 2 heterocycles. The summed E-state index contributed by atoms with van der Waals surface area (Å²) in [6, 6.07) is 7.98. The Bertz CT molecular complexity index is 915. The van der Waals surface area contributed by atoms with Gasteiger partial charge in [-0.25, -0.2) is 0 Å². The molecule has 1 aliphatic rings. The molecule has 29 heavy (non-hydrogen) atoms. The molecule has 0 N–H and O–H groups in total. The Morgan fingerprint density at radius 3 is 2.55 bits per heavy atom. The lowest BCUT2D eigenvalue weighted by atomic mass is 10.0. The third kappa shape index (κ3) is 4.53. The fraction of sp³-hybridized carbons (Fsp3) is 0.478. The first-order valence-electron chi connectivity index (χ1n) is 10.3. The van der Waals surface area contributed by atoms with Crippen LogP contribution < -0.4 is 4.90 Å². The Hall–Kier alpha value is -2.21. The molecule has 3 atom stereocenters. The maximum atomic E-state index is 13.2. The molecule has 0 bridgehead atoms. The van der Waals surface area contributed by atoms with Gasteiger partial charge < -0.3 is 9.80 Å². The van der Waals surface area contributed by atoms with Crippen LogP contribution in [0.3, 0.4) is 0 Å². The molecule has 1 aromatic heterocycles. The predicted molar refractivity (Wildman–Crippen MR) is 119 cm³/mol. The van der Waals surface area contributed by atoms with E-state index in [0.717, 1.165) is 34.7 Å². The number of hydrogen-bond acceptors (Lipinski definition) is 4. The highest BCUT2D eigenvalue weighted by molar-refractivity contribution is 7.85. The van der Waals surface area contributed by atoms with Crippen LogP contribution in [0.25, 0.3) is 0 Å². The van der Waals surface area contributed by atoms with E-state index in [9.17, 15) is 9.00 Å². The average molecular weight is 414 g/mol. The van der Waals surface area contributed by atoms with Gasteiger partial charge in [0.25, 0.3) is 5.91 Å². The van der Waals surface area contributed by atoms with E-state index in [0.29, 0.717) is 17.9 Å². The summed E-state index contributed by atoms with van der Waals surface area (Å²) in [5.41, 5.74) is 3.84. The number of hydrogen-bond donors (Lipinski definition) is 0. The number of aryl methyl sites for hydroxylation is 2. The van der Waals surface area contributed by atoms with Gasteiger partial charge in [-0.3, -0.25) is 14.0 Å². The lowest BCUT2D eigenvalue weighted by Gasteiger charge is -2.46. The minimum absolute atomic E-state index is 0.0438. The lowest BCUT2D eigenvalue weighted by Crippen LogP contribution is -2.59. The molecular weight excluding hydrogens is 382 g/mol. The molecule has 156 valence electrons. The van der Waals surface area contributed by atoms with Gasteiger partial charge in [0.05, 0.1) is 22.7 Å². The van der Waals surface area contributed by atoms with E-state index < -0.39 is 10.8 Å². The number of amides is 1. The van der Waals surface area contributed by atoms with Gasteiger partial charge in [0.15, 0.2) is 0 Å². The summed E-state index contributed by atoms with van der Waals surface area (Å²) >= 11 is 0. The molecule has 1 amide bonds. The van der Waals surface area contributed by atoms with Crippen LogP contribution in [-0.4, -0.2) is 50.9 Å². The number of carbonyl (C=O) groups is 1. The molecule has 0 saturated carbocycles. The van der Waals surface area contributed by atoms with Crippen molar-refractivity contribution < 1.29 is 9.00 Å². The van der Waals surface area contributed by atoms with Crippen molar-refractivity contribution in [3.8, 4) is 0 Å². The second kappa shape index (κ2) is 9.08. The van der Waals surface area contributed by atoms with Gasteiger partial charge in [-0.15, -0.1) is 0 Å². The lowest BCUT2D eigenvalue weighted by molar-refractivity contribution is 0.0634. The molecule has 0 aliphatic carbocycles. The van der Waals surface area contributed by atoms with Crippen molar-refractivity contribution in [2.75, 3.05) is 23.7 Å². The van der Waals surface area contributed by atoms with Crippen LogP contribution in [0.5, 0.6) is 0 Å². The number of benzene rings is 1. The number of piperazine rings is 1. The zero-order valence-corrected chi connectivity index (χ0v) is 18.8. The van der Waals surface area contributed by atoms with Gasteiger partial charge in [0.2, 0.25) is 0 Å². The molecule has 3 rings (SSSR count). The van der Waals surface area contributed by atoms with Crippen molar-refractivity contribution in [2.45, 2.75) is 58.0 Å². The quantitative estimate of drug-likeness (QED) is 0.745. The number of anilines is 1. The zero-order chi connectivity index (χ0) is 21.1. The van der Waals surface area contributed by atoms with Crippen LogP contribution in [-0.2, 0) is 10.8 Å². The molecule has 1 saturated heterocycles. The number of aromatic nitrogens is 1. The summed E-state index contributed by atoms with van der Waals surface area (Å²) in [5.74, 6) is 0.695. The van der Waals surface area contributed by atoms with Crippen molar-refractivity contribution >= 4 is 22.4 Å². The smallest absolute Gasteiger partial charge is 0.254 e. The largest absolute Gasteiger partial charge is 0.364 e. The van der Waals surface area contributed by atoms with Crippen molar-refractivity contribution in [3.63, 3.8) is 0 Å². The Morgan fingerprint density at radius 1 is 1.14 bits per heavy atom. The Kier molecular flexibility index (Phi) is 6.73. The van der Waals surface area contributed by atoms with Gasteiger partial charge in [0, 0.05) is 47.6 Å². The Balaban J connectivity index is 1.77. The van der Waals surface area contributed by atoms with Gasteiger partial charge in [-0.2, -0.15) is 0 Å². The van der Waals surface area contributed by atoms with Crippen molar-refractivity contribution in [1.82, 2.24) is 9.88 Å². The number of pyridine rings is 1. The van der Waals surface area contributed by atoms with Crippen LogP contribution in [0.2, 0.25) is 0 Å². The van der Waals surface area contributed by atoms with Crippen LogP contribution in [0.4, 0.5) is 5.69 Å². The molecule has 0 radical (unpaired) electrons. The first-order chi connectivity index (χ1) is 13.8. The van der Waals surface area contributed by atoms with Crippen molar-refractivity contribution in [1.29, 1.82) is 0 Å². The van der Waals surface area contributed by atoms with Gasteiger partial charge in [-0.05, 0) is 69.5 Å². The monoisotopic (exact) mass is 413 g/mol. The maximum absolute atomic E-state index is 13.2. The first-order valence-corrected chi connectivity index (χ1v) is 11.6. The van der Waals surface area contributed by atoms with E-state index in [1.165, 1.54) is 0 Å². The van der Waals surface area contributed by atoms with Gasteiger partial charge in [0.1, 0.15) is 0 Å². The normalized spacial score (nSPS) is 20.6. The minimum Gasteiger partial charge on any atom is -0.364 e. The average Bonchev–Trinajstić information content (AvgIpc) is 2.69. The van der Waals surface area contributed by atoms with E-state index in [1.807, 2.05) is 56.3 Å². The molecule has 2 aromatic rings. The third-order valence-electron chi connectivity index (χ3n) is 5.77. The molecule has 1 unspecified atom stereocenters. The fourth-order valence-corrected chi connectivity index (χ4v) is 5.22. The minimum atomic E-state index is -0.999. The molecular formula is C23H31N3O2S. The SMILES string of the molecule is CCCS(=O)c1ccc(C(=O)N2CCN(c3cncc(C)c3)[C@@H](C)[C@@H]2C)cc1C. The van der Waals surface area contributed by atoms with Crippen LogP contribution in [0.1, 0.15) is 48.7 Å². The summed E-state index contributed by atoms with van der Waals surface area (Å²) in [4.78, 5) is 22.7. The second-order valence-electron chi connectivity index (χ2n) is 7.92. The number of rotatable bonds is 5. The standard InChI is InChI=1S/C23H31N3O2S/c1-6-11-29(28)22-8-7-20(13-17(22)3)23(27)26-10-9-25(18(4)19(26)5)21-12-16(2)14-24-15-21/h7-8,12-15,18-19H,6,9-11H2,1-5H3/t18-,19-,29?/m0/s1. The molecule has 1 aliphatic heterocycles. The summed E-state index contributed by atoms with van der Waals surface area (Å²) in [5, 5.41) is 0. The van der Waals surface area contributed by atoms with Crippen LogP contribution in [0, 0.1) is 13.8 Å². The van der Waals surface area contributed by atoms with Crippen LogP contribution in [0.15, 0.2) is 41.6 Å². The van der Waals surface area contributed by atoms with E-state index in [1.54, 1.807) is 0 Å². The summed E-state index contributed by atoms with van der Waals surface area (Å²) in [6.45, 7) is 11.7. The van der Waals surface area contributed by atoms with E-state index in [2.05, 4.69) is 29.8 Å². The summed E-state index contributed by atoms with van der Waals surface area (Å²) < 4.78 is 12.3. The molecule has 1 fully saturated rings. The second-order valence-corrected chi connectivity index (χ2v) is 9.46. The Morgan fingerprint density at radius 2 is 1.90 bits per heavy atom. The third-order valence-corrected chi connectivity index (χ3v) is 7.50. The Labute approximate surface area is 176 Å². The summed E-state index contributed by atoms with van der Waals surface area (Å²) in [6.07, 6.45) is 4.63. The molecule has 0 spiro atoms. The highest BCUT2D eigenvalue weighted by Gasteiger charge is 2.34. The summed E-state index contributed by atoms with van der Waals surface area (Å²) in [7, 11) is -0.999. The molecule has 6 heteroatoms. The van der Waals surface area contributed by atoms with Gasteiger partial charge in [-0.1, -0.05) is 6.92 Å². The molecule has 5 nitrogen and oxygen atoms in total. The molecule has 1 aromatic carbocycles. The zero-order valence-electron chi connectivity index (χ0n) is 18.0. The number of carbonyl (C=O) groups excluding carboxylic acids is 1. The van der Waals surface area contributed by atoms with E-state index in [4.69, 9.17) is 0 Å². The maximum Gasteiger partial charge on any atom is 0.254 e. The fourth-order valence-electron chi connectivity index (χ4n) is 3.99.